The fraction of sp³-hybridized carbons (Fsp3) is 0.286. The monoisotopic (exact) mass is 228 g/mol. The predicted octanol–water partition coefficient (Wildman–Crippen LogP) is 2.37. The molecule has 0 unspecified atom stereocenters. The number of H-pyrrole nitrogens is 1. The molecule has 88 valence electrons. The van der Waals surface area contributed by atoms with E-state index in [0.717, 1.165) is 18.9 Å². The van der Waals surface area contributed by atoms with E-state index in [1.54, 1.807) is 0 Å². The molecule has 1 saturated heterocycles. The smallest absolute Gasteiger partial charge is 0.0819 e. The lowest BCUT2D eigenvalue weighted by Crippen LogP contribution is -2.47. The standard InChI is InChI=1S/C14H16N2O/c1-15-12-6-4-11(5-7-12)14(9-17-10-14)13-3-2-8-16-13/h2-8,15-16H,9-10H2,1H3. The molecule has 0 amide bonds. The third kappa shape index (κ3) is 1.54. The van der Waals surface area contributed by atoms with Crippen molar-refractivity contribution in [3.05, 3.63) is 53.9 Å². The van der Waals surface area contributed by atoms with Crippen LogP contribution in [0.15, 0.2) is 42.6 Å². The first-order chi connectivity index (χ1) is 8.35. The minimum Gasteiger partial charge on any atom is -0.388 e. The lowest BCUT2D eigenvalue weighted by Gasteiger charge is -2.41. The Bertz CT molecular complexity index is 483. The van der Waals surface area contributed by atoms with Gasteiger partial charge in [0.25, 0.3) is 0 Å². The van der Waals surface area contributed by atoms with Gasteiger partial charge in [-0.3, -0.25) is 0 Å². The second-order valence-electron chi connectivity index (χ2n) is 4.49. The highest BCUT2D eigenvalue weighted by Gasteiger charge is 2.42. The molecule has 17 heavy (non-hydrogen) atoms. The molecule has 3 heteroatoms. The SMILES string of the molecule is CNc1ccc(C2(c3ccc[nH]3)COC2)cc1. The summed E-state index contributed by atoms with van der Waals surface area (Å²) in [5.41, 5.74) is 3.71. The van der Waals surface area contributed by atoms with Gasteiger partial charge in [0.05, 0.1) is 18.6 Å². The Hall–Kier alpha value is -1.74. The van der Waals surface area contributed by atoms with Crippen LogP contribution in [0.2, 0.25) is 0 Å². The minimum atomic E-state index is 0.0236. The number of ether oxygens (including phenoxy) is 1. The molecule has 2 aromatic rings. The summed E-state index contributed by atoms with van der Waals surface area (Å²) in [6.07, 6.45) is 1.97. The summed E-state index contributed by atoms with van der Waals surface area (Å²) in [7, 11) is 1.93. The molecule has 1 aromatic heterocycles. The molecule has 0 spiro atoms. The molecule has 1 aromatic carbocycles. The zero-order valence-electron chi connectivity index (χ0n) is 9.86. The molecule has 0 aliphatic carbocycles. The van der Waals surface area contributed by atoms with Crippen LogP contribution in [-0.2, 0) is 10.2 Å². The van der Waals surface area contributed by atoms with Crippen LogP contribution >= 0.6 is 0 Å². The van der Waals surface area contributed by atoms with Crippen molar-refractivity contribution in [2.24, 2.45) is 0 Å². The van der Waals surface area contributed by atoms with Crippen LogP contribution in [0.25, 0.3) is 0 Å². The van der Waals surface area contributed by atoms with Crippen molar-refractivity contribution in [3.63, 3.8) is 0 Å². The van der Waals surface area contributed by atoms with Crippen molar-refractivity contribution in [2.75, 3.05) is 25.6 Å². The van der Waals surface area contributed by atoms with Crippen LogP contribution in [0.1, 0.15) is 11.3 Å². The van der Waals surface area contributed by atoms with Crippen molar-refractivity contribution in [2.45, 2.75) is 5.41 Å². The number of hydrogen-bond acceptors (Lipinski definition) is 2. The summed E-state index contributed by atoms with van der Waals surface area (Å²) in [6.45, 7) is 1.51. The molecule has 3 rings (SSSR count). The van der Waals surface area contributed by atoms with Crippen molar-refractivity contribution in [1.82, 2.24) is 4.98 Å². The Morgan fingerprint density at radius 2 is 1.94 bits per heavy atom. The number of hydrogen-bond donors (Lipinski definition) is 2. The Labute approximate surface area is 101 Å². The van der Waals surface area contributed by atoms with Crippen molar-refractivity contribution < 1.29 is 4.74 Å². The Morgan fingerprint density at radius 1 is 1.18 bits per heavy atom. The van der Waals surface area contributed by atoms with Gasteiger partial charge < -0.3 is 15.0 Å². The first-order valence-electron chi connectivity index (χ1n) is 5.85. The summed E-state index contributed by atoms with van der Waals surface area (Å²) < 4.78 is 5.44. The van der Waals surface area contributed by atoms with Gasteiger partial charge in [0, 0.05) is 24.6 Å². The van der Waals surface area contributed by atoms with E-state index >= 15 is 0 Å². The third-order valence-corrected chi connectivity index (χ3v) is 3.54. The predicted molar refractivity (Wildman–Crippen MR) is 68.4 cm³/mol. The van der Waals surface area contributed by atoms with Gasteiger partial charge in [0.15, 0.2) is 0 Å². The van der Waals surface area contributed by atoms with Gasteiger partial charge in [-0.05, 0) is 29.8 Å². The van der Waals surface area contributed by atoms with E-state index in [4.69, 9.17) is 4.74 Å². The van der Waals surface area contributed by atoms with Gasteiger partial charge >= 0.3 is 0 Å². The molecule has 3 nitrogen and oxygen atoms in total. The maximum absolute atomic E-state index is 5.44. The van der Waals surface area contributed by atoms with E-state index in [1.807, 2.05) is 19.3 Å². The van der Waals surface area contributed by atoms with E-state index in [1.165, 1.54) is 11.3 Å². The Balaban J connectivity index is 2.00. The largest absolute Gasteiger partial charge is 0.388 e. The van der Waals surface area contributed by atoms with Crippen LogP contribution in [0, 0.1) is 0 Å². The fourth-order valence-electron chi connectivity index (χ4n) is 2.37. The Kier molecular flexibility index (Phi) is 2.41. The van der Waals surface area contributed by atoms with Crippen LogP contribution in [-0.4, -0.2) is 25.2 Å². The number of anilines is 1. The third-order valence-electron chi connectivity index (χ3n) is 3.54. The first kappa shape index (κ1) is 10.4. The van der Waals surface area contributed by atoms with Crippen LogP contribution in [0.5, 0.6) is 0 Å². The summed E-state index contributed by atoms with van der Waals surface area (Å²) in [4.78, 5) is 3.31. The van der Waals surface area contributed by atoms with Gasteiger partial charge in [-0.1, -0.05) is 12.1 Å². The second-order valence-corrected chi connectivity index (χ2v) is 4.49. The van der Waals surface area contributed by atoms with Gasteiger partial charge in [-0.15, -0.1) is 0 Å². The molecule has 0 saturated carbocycles. The second kappa shape index (κ2) is 3.93. The average molecular weight is 228 g/mol. The quantitative estimate of drug-likeness (QED) is 0.846. The van der Waals surface area contributed by atoms with E-state index in [0.29, 0.717) is 0 Å². The van der Waals surface area contributed by atoms with Crippen molar-refractivity contribution in [1.29, 1.82) is 0 Å². The zero-order valence-corrected chi connectivity index (χ0v) is 9.86. The molecule has 2 heterocycles. The maximum Gasteiger partial charge on any atom is 0.0819 e. The lowest BCUT2D eigenvalue weighted by atomic mass is 9.76. The molecular weight excluding hydrogens is 212 g/mol. The molecule has 0 atom stereocenters. The zero-order chi connectivity index (χ0) is 11.7. The van der Waals surface area contributed by atoms with Crippen LogP contribution in [0.3, 0.4) is 0 Å². The number of nitrogens with one attached hydrogen (secondary N) is 2. The van der Waals surface area contributed by atoms with Crippen molar-refractivity contribution >= 4 is 5.69 Å². The summed E-state index contributed by atoms with van der Waals surface area (Å²) >= 11 is 0. The van der Waals surface area contributed by atoms with Gasteiger partial charge in [0.1, 0.15) is 0 Å². The van der Waals surface area contributed by atoms with Crippen molar-refractivity contribution in [3.8, 4) is 0 Å². The number of aromatic nitrogens is 1. The van der Waals surface area contributed by atoms with E-state index in [2.05, 4.69) is 40.6 Å². The highest BCUT2D eigenvalue weighted by Crippen LogP contribution is 2.38. The molecule has 2 N–H and O–H groups in total. The summed E-state index contributed by atoms with van der Waals surface area (Å²) in [5, 5.41) is 3.14. The van der Waals surface area contributed by atoms with E-state index in [9.17, 15) is 0 Å². The number of aromatic amines is 1. The molecule has 1 aliphatic rings. The molecule has 0 bridgehead atoms. The summed E-state index contributed by atoms with van der Waals surface area (Å²) in [5.74, 6) is 0. The number of benzene rings is 1. The van der Waals surface area contributed by atoms with Gasteiger partial charge in [-0.25, -0.2) is 0 Å². The van der Waals surface area contributed by atoms with E-state index in [-0.39, 0.29) is 5.41 Å². The maximum atomic E-state index is 5.44. The average Bonchev–Trinajstić information content (AvgIpc) is 2.83. The molecular formula is C14H16N2O. The topological polar surface area (TPSA) is 37.0 Å². The highest BCUT2D eigenvalue weighted by atomic mass is 16.5. The van der Waals surface area contributed by atoms with Crippen LogP contribution in [0.4, 0.5) is 5.69 Å². The van der Waals surface area contributed by atoms with Crippen LogP contribution < -0.4 is 5.32 Å². The van der Waals surface area contributed by atoms with E-state index < -0.39 is 0 Å². The Morgan fingerprint density at radius 3 is 2.41 bits per heavy atom. The molecule has 1 aliphatic heterocycles. The minimum absolute atomic E-state index is 0.0236. The number of rotatable bonds is 3. The molecule has 0 radical (unpaired) electrons. The normalized spacial score (nSPS) is 17.5. The summed E-state index contributed by atoms with van der Waals surface area (Å²) in [6, 6.07) is 12.7. The van der Waals surface area contributed by atoms with Gasteiger partial charge in [0.2, 0.25) is 0 Å². The highest BCUT2D eigenvalue weighted by molar-refractivity contribution is 5.48. The first-order valence-corrected chi connectivity index (χ1v) is 5.85. The molecule has 1 fully saturated rings. The fourth-order valence-corrected chi connectivity index (χ4v) is 2.37. The lowest BCUT2D eigenvalue weighted by molar-refractivity contribution is -0.0397. The van der Waals surface area contributed by atoms with Gasteiger partial charge in [-0.2, -0.15) is 0 Å².